The fourth-order valence-corrected chi connectivity index (χ4v) is 3.24. The second-order valence-corrected chi connectivity index (χ2v) is 8.28. The maximum atomic E-state index is 12.3. The van der Waals surface area contributed by atoms with Crippen LogP contribution in [-0.2, 0) is 11.3 Å². The average Bonchev–Trinajstić information content (AvgIpc) is 3.27. The molecule has 0 radical (unpaired) electrons. The summed E-state index contributed by atoms with van der Waals surface area (Å²) in [5.41, 5.74) is 0.825. The summed E-state index contributed by atoms with van der Waals surface area (Å²) in [6.45, 7) is 9.79. The van der Waals surface area contributed by atoms with Gasteiger partial charge in [0, 0.05) is 31.1 Å². The van der Waals surface area contributed by atoms with Crippen molar-refractivity contribution in [2.24, 2.45) is 4.99 Å². The van der Waals surface area contributed by atoms with E-state index in [4.69, 9.17) is 4.74 Å². The number of ether oxygens (including phenoxy) is 1. The van der Waals surface area contributed by atoms with E-state index in [1.165, 1.54) is 10.4 Å². The molecule has 0 saturated heterocycles. The standard InChI is InChI=1S/C18H30N4O2S.HI/c1-13-8-11-25-15(13)12-21-16(19-5)20-9-10-22(14-6-7-14)17(23)24-18(2,3)4;/h8,11,14H,6-7,9-10,12H2,1-5H3,(H2,19,20,21);1H. The molecule has 2 N–H and O–H groups in total. The Morgan fingerprint density at radius 1 is 1.38 bits per heavy atom. The first-order valence-electron chi connectivity index (χ1n) is 8.77. The molecule has 1 amide bonds. The SMILES string of the molecule is CN=C(NCCN(C(=O)OC(C)(C)C)C1CC1)NCc1sccc1C.I. The third-order valence-electron chi connectivity index (χ3n) is 3.87. The fourth-order valence-electron chi connectivity index (χ4n) is 2.39. The Morgan fingerprint density at radius 3 is 2.58 bits per heavy atom. The van der Waals surface area contributed by atoms with E-state index >= 15 is 0 Å². The summed E-state index contributed by atoms with van der Waals surface area (Å²) in [7, 11) is 1.75. The molecule has 148 valence electrons. The number of guanidine groups is 1. The van der Waals surface area contributed by atoms with Gasteiger partial charge in [0.25, 0.3) is 0 Å². The third-order valence-corrected chi connectivity index (χ3v) is 4.89. The normalized spacial score (nSPS) is 14.4. The molecule has 26 heavy (non-hydrogen) atoms. The van der Waals surface area contributed by atoms with Crippen LogP contribution in [0.4, 0.5) is 4.79 Å². The van der Waals surface area contributed by atoms with E-state index in [-0.39, 0.29) is 30.1 Å². The minimum absolute atomic E-state index is 0. The van der Waals surface area contributed by atoms with E-state index in [2.05, 4.69) is 34.0 Å². The van der Waals surface area contributed by atoms with E-state index in [0.29, 0.717) is 19.1 Å². The minimum atomic E-state index is -0.464. The van der Waals surface area contributed by atoms with Crippen LogP contribution in [0, 0.1) is 6.92 Å². The number of aliphatic imine (C=N–C) groups is 1. The van der Waals surface area contributed by atoms with E-state index in [1.54, 1.807) is 18.4 Å². The number of thiophene rings is 1. The first-order valence-corrected chi connectivity index (χ1v) is 9.65. The molecule has 0 spiro atoms. The molecule has 1 saturated carbocycles. The Kier molecular flexibility index (Phi) is 9.15. The second-order valence-electron chi connectivity index (χ2n) is 7.28. The van der Waals surface area contributed by atoms with Gasteiger partial charge in [0.2, 0.25) is 0 Å². The summed E-state index contributed by atoms with van der Waals surface area (Å²) < 4.78 is 5.51. The molecule has 6 nitrogen and oxygen atoms in total. The number of carbonyl (C=O) groups excluding carboxylic acids is 1. The second kappa shape index (κ2) is 10.3. The van der Waals surface area contributed by atoms with E-state index in [1.807, 2.05) is 25.7 Å². The number of hydrogen-bond donors (Lipinski definition) is 2. The lowest BCUT2D eigenvalue weighted by Gasteiger charge is -2.27. The Labute approximate surface area is 177 Å². The Balaban J connectivity index is 0.00000338. The van der Waals surface area contributed by atoms with Crippen molar-refractivity contribution in [2.45, 2.75) is 58.7 Å². The van der Waals surface area contributed by atoms with Gasteiger partial charge in [-0.3, -0.25) is 4.99 Å². The van der Waals surface area contributed by atoms with Crippen molar-refractivity contribution >= 4 is 47.4 Å². The highest BCUT2D eigenvalue weighted by Gasteiger charge is 2.34. The zero-order chi connectivity index (χ0) is 18.4. The molecule has 1 heterocycles. The molecular formula is C18H31IN4O2S. The van der Waals surface area contributed by atoms with Gasteiger partial charge in [0.15, 0.2) is 5.96 Å². The predicted molar refractivity (Wildman–Crippen MR) is 119 cm³/mol. The summed E-state index contributed by atoms with van der Waals surface area (Å²) in [6.07, 6.45) is 1.89. The molecule has 0 atom stereocenters. The number of carbonyl (C=O) groups is 1. The lowest BCUT2D eigenvalue weighted by Crippen LogP contribution is -2.45. The van der Waals surface area contributed by atoms with Crippen LogP contribution in [0.1, 0.15) is 44.1 Å². The highest BCUT2D eigenvalue weighted by Crippen LogP contribution is 2.28. The van der Waals surface area contributed by atoms with E-state index in [0.717, 1.165) is 25.3 Å². The summed E-state index contributed by atoms with van der Waals surface area (Å²) in [6, 6.07) is 2.44. The highest BCUT2D eigenvalue weighted by molar-refractivity contribution is 14.0. The molecule has 1 aromatic rings. The van der Waals surface area contributed by atoms with Gasteiger partial charge in [0.1, 0.15) is 5.60 Å². The first kappa shape index (κ1) is 23.0. The fraction of sp³-hybridized carbons (Fsp3) is 0.667. The highest BCUT2D eigenvalue weighted by atomic mass is 127. The van der Waals surface area contributed by atoms with Crippen LogP contribution in [-0.4, -0.2) is 48.7 Å². The Bertz CT molecular complexity index is 609. The predicted octanol–water partition coefficient (Wildman–Crippen LogP) is 3.74. The first-order chi connectivity index (χ1) is 11.8. The number of rotatable bonds is 6. The molecule has 0 aromatic carbocycles. The van der Waals surface area contributed by atoms with Crippen molar-refractivity contribution < 1.29 is 9.53 Å². The van der Waals surface area contributed by atoms with Gasteiger partial charge in [-0.25, -0.2) is 4.79 Å². The van der Waals surface area contributed by atoms with Gasteiger partial charge in [-0.05, 0) is 57.5 Å². The molecule has 1 fully saturated rings. The van der Waals surface area contributed by atoms with Crippen LogP contribution in [0.2, 0.25) is 0 Å². The van der Waals surface area contributed by atoms with Crippen LogP contribution < -0.4 is 10.6 Å². The smallest absolute Gasteiger partial charge is 0.410 e. The number of hydrogen-bond acceptors (Lipinski definition) is 4. The number of nitrogens with zero attached hydrogens (tertiary/aromatic N) is 2. The van der Waals surface area contributed by atoms with Crippen molar-refractivity contribution in [3.63, 3.8) is 0 Å². The largest absolute Gasteiger partial charge is 0.444 e. The van der Waals surface area contributed by atoms with Gasteiger partial charge in [-0.2, -0.15) is 0 Å². The Hall–Kier alpha value is -1.03. The van der Waals surface area contributed by atoms with Crippen molar-refractivity contribution in [2.75, 3.05) is 20.1 Å². The molecule has 1 aromatic heterocycles. The van der Waals surface area contributed by atoms with Crippen LogP contribution in [0.3, 0.4) is 0 Å². The van der Waals surface area contributed by atoms with Gasteiger partial charge < -0.3 is 20.3 Å². The monoisotopic (exact) mass is 494 g/mol. The molecule has 0 bridgehead atoms. The number of amides is 1. The molecule has 0 unspecified atom stereocenters. The molecule has 2 rings (SSSR count). The maximum Gasteiger partial charge on any atom is 0.410 e. The van der Waals surface area contributed by atoms with Gasteiger partial charge >= 0.3 is 6.09 Å². The lowest BCUT2D eigenvalue weighted by molar-refractivity contribution is 0.0238. The Morgan fingerprint density at radius 2 is 2.08 bits per heavy atom. The molecule has 1 aliphatic rings. The minimum Gasteiger partial charge on any atom is -0.444 e. The summed E-state index contributed by atoms with van der Waals surface area (Å²) >= 11 is 1.74. The zero-order valence-corrected chi connectivity index (χ0v) is 19.4. The third kappa shape index (κ3) is 7.69. The van der Waals surface area contributed by atoms with Crippen LogP contribution in [0.25, 0.3) is 0 Å². The van der Waals surface area contributed by atoms with Gasteiger partial charge in [-0.1, -0.05) is 0 Å². The van der Waals surface area contributed by atoms with E-state index < -0.39 is 5.60 Å². The summed E-state index contributed by atoms with van der Waals surface area (Å²) in [5, 5.41) is 8.68. The number of halogens is 1. The van der Waals surface area contributed by atoms with Gasteiger partial charge in [0.05, 0.1) is 6.54 Å². The maximum absolute atomic E-state index is 12.3. The molecular weight excluding hydrogens is 463 g/mol. The lowest BCUT2D eigenvalue weighted by atomic mass is 10.2. The van der Waals surface area contributed by atoms with Crippen molar-refractivity contribution in [3.8, 4) is 0 Å². The van der Waals surface area contributed by atoms with Crippen molar-refractivity contribution in [1.82, 2.24) is 15.5 Å². The van der Waals surface area contributed by atoms with E-state index in [9.17, 15) is 4.79 Å². The van der Waals surface area contributed by atoms with Gasteiger partial charge in [-0.15, -0.1) is 35.3 Å². The van der Waals surface area contributed by atoms with Crippen LogP contribution in [0.15, 0.2) is 16.4 Å². The quantitative estimate of drug-likeness (QED) is 0.359. The summed E-state index contributed by atoms with van der Waals surface area (Å²) in [4.78, 5) is 19.7. The molecule has 0 aliphatic heterocycles. The van der Waals surface area contributed by atoms with Crippen LogP contribution in [0.5, 0.6) is 0 Å². The van der Waals surface area contributed by atoms with Crippen LogP contribution >= 0.6 is 35.3 Å². The average molecular weight is 494 g/mol. The number of aryl methyl sites for hydroxylation is 1. The molecule has 8 heteroatoms. The molecule has 1 aliphatic carbocycles. The summed E-state index contributed by atoms with van der Waals surface area (Å²) in [5.74, 6) is 0.743. The van der Waals surface area contributed by atoms with Crippen molar-refractivity contribution in [1.29, 1.82) is 0 Å². The number of nitrogens with one attached hydrogen (secondary N) is 2. The van der Waals surface area contributed by atoms with Crippen molar-refractivity contribution in [3.05, 3.63) is 21.9 Å². The topological polar surface area (TPSA) is 66.0 Å². The zero-order valence-electron chi connectivity index (χ0n) is 16.3.